The van der Waals surface area contributed by atoms with Gasteiger partial charge in [-0.1, -0.05) is 6.92 Å². The molecule has 1 aromatic heterocycles. The molecule has 2 N–H and O–H groups in total. The maximum absolute atomic E-state index is 12.1. The Labute approximate surface area is 138 Å². The van der Waals surface area contributed by atoms with E-state index in [1.807, 2.05) is 13.0 Å². The number of thiophene rings is 1. The fourth-order valence-electron chi connectivity index (χ4n) is 2.15. The molecule has 0 fully saturated rings. The lowest BCUT2D eigenvalue weighted by Crippen LogP contribution is -2.28. The molecule has 1 aromatic carbocycles. The van der Waals surface area contributed by atoms with Gasteiger partial charge in [0.25, 0.3) is 11.6 Å². The van der Waals surface area contributed by atoms with E-state index in [0.29, 0.717) is 13.1 Å². The molecule has 122 valence electrons. The Bertz CT molecular complexity index is 695. The quantitative estimate of drug-likeness (QED) is 0.462. The van der Waals surface area contributed by atoms with Crippen LogP contribution >= 0.6 is 11.3 Å². The molecule has 0 aliphatic heterocycles. The number of amides is 1. The van der Waals surface area contributed by atoms with Gasteiger partial charge >= 0.3 is 0 Å². The van der Waals surface area contributed by atoms with E-state index in [-0.39, 0.29) is 11.6 Å². The van der Waals surface area contributed by atoms with Gasteiger partial charge in [0.1, 0.15) is 0 Å². The molecule has 2 rings (SSSR count). The number of rotatable bonds is 7. The molecule has 0 spiro atoms. The van der Waals surface area contributed by atoms with E-state index < -0.39 is 4.92 Å². The van der Waals surface area contributed by atoms with Crippen molar-refractivity contribution in [2.24, 2.45) is 0 Å². The first-order valence-corrected chi connectivity index (χ1v) is 8.18. The van der Waals surface area contributed by atoms with Crippen molar-refractivity contribution in [3.05, 3.63) is 55.8 Å². The zero-order chi connectivity index (χ0) is 16.8. The molecule has 0 bridgehead atoms. The Morgan fingerprint density at radius 2 is 1.96 bits per heavy atom. The highest BCUT2D eigenvalue weighted by Crippen LogP contribution is 2.21. The molecular formula is C16H19N3O3S. The number of nitro groups is 1. The first kappa shape index (κ1) is 17.0. The number of nitrogens with zero attached hydrogens (tertiary/aromatic N) is 1. The first-order valence-electron chi connectivity index (χ1n) is 7.37. The van der Waals surface area contributed by atoms with Crippen LogP contribution in [0.5, 0.6) is 0 Å². The molecule has 0 aliphatic rings. The van der Waals surface area contributed by atoms with Gasteiger partial charge in [0.05, 0.1) is 9.80 Å². The topological polar surface area (TPSA) is 84.3 Å². The lowest BCUT2D eigenvalue weighted by atomic mass is 10.2. The standard InChI is InChI=1S/C16H19N3O3S/c1-3-12-10-15(23-11(12)2)16(20)18-9-8-17-13-4-6-14(7-5-13)19(21)22/h4-7,10,17H,3,8-9H2,1-2H3,(H,18,20). The minimum absolute atomic E-state index is 0.0589. The Hall–Kier alpha value is -2.41. The van der Waals surface area contributed by atoms with Crippen LogP contribution in [0.4, 0.5) is 11.4 Å². The summed E-state index contributed by atoms with van der Waals surface area (Å²) in [6, 6.07) is 8.13. The zero-order valence-corrected chi connectivity index (χ0v) is 13.9. The fourth-order valence-corrected chi connectivity index (χ4v) is 3.18. The van der Waals surface area contributed by atoms with E-state index in [9.17, 15) is 14.9 Å². The second-order valence-electron chi connectivity index (χ2n) is 5.03. The lowest BCUT2D eigenvalue weighted by Gasteiger charge is -2.07. The van der Waals surface area contributed by atoms with Gasteiger partial charge < -0.3 is 10.6 Å². The van der Waals surface area contributed by atoms with Crippen molar-refractivity contribution in [2.75, 3.05) is 18.4 Å². The van der Waals surface area contributed by atoms with Crippen molar-refractivity contribution in [2.45, 2.75) is 20.3 Å². The number of carbonyl (C=O) groups excluding carboxylic acids is 1. The molecule has 1 amide bonds. The molecule has 0 saturated heterocycles. The van der Waals surface area contributed by atoms with Gasteiger partial charge in [-0.05, 0) is 37.1 Å². The number of carbonyl (C=O) groups is 1. The number of non-ortho nitro benzene ring substituents is 1. The maximum Gasteiger partial charge on any atom is 0.269 e. The highest BCUT2D eigenvalue weighted by Gasteiger charge is 2.10. The second-order valence-corrected chi connectivity index (χ2v) is 6.29. The van der Waals surface area contributed by atoms with E-state index in [4.69, 9.17) is 0 Å². The van der Waals surface area contributed by atoms with E-state index in [1.54, 1.807) is 12.1 Å². The fraction of sp³-hybridized carbons (Fsp3) is 0.312. The van der Waals surface area contributed by atoms with Gasteiger partial charge in [0.2, 0.25) is 0 Å². The minimum atomic E-state index is -0.433. The molecule has 7 heteroatoms. The smallest absolute Gasteiger partial charge is 0.269 e. The van der Waals surface area contributed by atoms with Crippen molar-refractivity contribution in [1.29, 1.82) is 0 Å². The minimum Gasteiger partial charge on any atom is -0.383 e. The zero-order valence-electron chi connectivity index (χ0n) is 13.1. The van der Waals surface area contributed by atoms with Crippen LogP contribution in [0, 0.1) is 17.0 Å². The summed E-state index contributed by atoms with van der Waals surface area (Å²) in [6.45, 7) is 5.13. The van der Waals surface area contributed by atoms with Crippen LogP contribution in [0.2, 0.25) is 0 Å². The molecule has 0 unspecified atom stereocenters. The van der Waals surface area contributed by atoms with E-state index in [1.165, 1.54) is 33.9 Å². The van der Waals surface area contributed by atoms with Crippen LogP contribution in [0.25, 0.3) is 0 Å². The summed E-state index contributed by atoms with van der Waals surface area (Å²) in [6.07, 6.45) is 0.928. The summed E-state index contributed by atoms with van der Waals surface area (Å²) in [5, 5.41) is 16.5. The molecule has 0 radical (unpaired) electrons. The Morgan fingerprint density at radius 3 is 2.52 bits per heavy atom. The summed E-state index contributed by atoms with van der Waals surface area (Å²) in [7, 11) is 0. The van der Waals surface area contributed by atoms with E-state index >= 15 is 0 Å². The third kappa shape index (κ3) is 4.53. The van der Waals surface area contributed by atoms with Crippen LogP contribution < -0.4 is 10.6 Å². The monoisotopic (exact) mass is 333 g/mol. The maximum atomic E-state index is 12.1. The normalized spacial score (nSPS) is 10.3. The lowest BCUT2D eigenvalue weighted by molar-refractivity contribution is -0.384. The molecule has 0 aliphatic carbocycles. The van der Waals surface area contributed by atoms with Crippen LogP contribution in [0.15, 0.2) is 30.3 Å². The highest BCUT2D eigenvalue weighted by atomic mass is 32.1. The molecular weight excluding hydrogens is 314 g/mol. The number of hydrogen-bond acceptors (Lipinski definition) is 5. The van der Waals surface area contributed by atoms with Gasteiger partial charge in [-0.3, -0.25) is 14.9 Å². The summed E-state index contributed by atoms with van der Waals surface area (Å²) in [4.78, 5) is 24.1. The van der Waals surface area contributed by atoms with E-state index in [2.05, 4.69) is 17.6 Å². The van der Waals surface area contributed by atoms with Crippen molar-refractivity contribution in [3.63, 3.8) is 0 Å². The number of anilines is 1. The van der Waals surface area contributed by atoms with Crippen molar-refractivity contribution < 1.29 is 9.72 Å². The summed E-state index contributed by atoms with van der Waals surface area (Å²) < 4.78 is 0. The van der Waals surface area contributed by atoms with Crippen LogP contribution in [-0.2, 0) is 6.42 Å². The average Bonchev–Trinajstić information content (AvgIpc) is 2.93. The Morgan fingerprint density at radius 1 is 1.26 bits per heavy atom. The van der Waals surface area contributed by atoms with Gasteiger partial charge in [0.15, 0.2) is 0 Å². The second kappa shape index (κ2) is 7.73. The molecule has 2 aromatic rings. The number of hydrogen-bond donors (Lipinski definition) is 2. The van der Waals surface area contributed by atoms with Crippen molar-refractivity contribution >= 4 is 28.6 Å². The molecule has 6 nitrogen and oxygen atoms in total. The van der Waals surface area contributed by atoms with Crippen LogP contribution in [0.1, 0.15) is 27.0 Å². The van der Waals surface area contributed by atoms with Crippen molar-refractivity contribution in [3.8, 4) is 0 Å². The Balaban J connectivity index is 1.78. The van der Waals surface area contributed by atoms with Crippen molar-refractivity contribution in [1.82, 2.24) is 5.32 Å². The third-order valence-corrected chi connectivity index (χ3v) is 4.53. The van der Waals surface area contributed by atoms with Gasteiger partial charge in [-0.2, -0.15) is 0 Å². The first-order chi connectivity index (χ1) is 11.0. The number of nitrogens with one attached hydrogen (secondary N) is 2. The SMILES string of the molecule is CCc1cc(C(=O)NCCNc2ccc([N+](=O)[O-])cc2)sc1C. The van der Waals surface area contributed by atoms with Gasteiger partial charge in [-0.15, -0.1) is 11.3 Å². The third-order valence-electron chi connectivity index (χ3n) is 3.44. The van der Waals surface area contributed by atoms with Gasteiger partial charge in [0, 0.05) is 35.8 Å². The van der Waals surface area contributed by atoms with Crippen LogP contribution in [-0.4, -0.2) is 23.9 Å². The predicted molar refractivity (Wildman–Crippen MR) is 92.4 cm³/mol. The highest BCUT2D eigenvalue weighted by molar-refractivity contribution is 7.14. The number of benzene rings is 1. The molecule has 1 heterocycles. The molecule has 0 atom stereocenters. The molecule has 23 heavy (non-hydrogen) atoms. The summed E-state index contributed by atoms with van der Waals surface area (Å²) in [5.74, 6) is -0.0664. The number of aryl methyl sites for hydroxylation is 2. The Kier molecular flexibility index (Phi) is 5.70. The average molecular weight is 333 g/mol. The largest absolute Gasteiger partial charge is 0.383 e. The van der Waals surface area contributed by atoms with Crippen LogP contribution in [0.3, 0.4) is 0 Å². The van der Waals surface area contributed by atoms with E-state index in [0.717, 1.165) is 17.0 Å². The van der Waals surface area contributed by atoms with Gasteiger partial charge in [-0.25, -0.2) is 0 Å². The summed E-state index contributed by atoms with van der Waals surface area (Å²) >= 11 is 1.51. The number of nitro benzene ring substituents is 1. The molecule has 0 saturated carbocycles. The predicted octanol–water partition coefficient (Wildman–Crippen LogP) is 3.37. The summed E-state index contributed by atoms with van der Waals surface area (Å²) in [5.41, 5.74) is 2.05.